The van der Waals surface area contributed by atoms with Crippen molar-refractivity contribution in [1.82, 2.24) is 5.32 Å². The van der Waals surface area contributed by atoms with Crippen LogP contribution in [0.25, 0.3) is 0 Å². The Hall–Kier alpha value is -1.00. The van der Waals surface area contributed by atoms with Gasteiger partial charge in [-0.25, -0.2) is 0 Å². The molecule has 2 rings (SSSR count). The van der Waals surface area contributed by atoms with E-state index in [1.165, 1.54) is 0 Å². The molecule has 0 radical (unpaired) electrons. The summed E-state index contributed by atoms with van der Waals surface area (Å²) in [6.45, 7) is 2.74. The number of halogens is 1. The number of rotatable bonds is 4. The van der Waals surface area contributed by atoms with Crippen molar-refractivity contribution in [2.45, 2.75) is 19.5 Å². The maximum atomic E-state index is 5.37. The van der Waals surface area contributed by atoms with E-state index in [9.17, 15) is 0 Å². The lowest BCUT2D eigenvalue weighted by Crippen LogP contribution is -2.17. The first-order chi connectivity index (χ1) is 7.25. The van der Waals surface area contributed by atoms with Crippen molar-refractivity contribution in [1.29, 1.82) is 0 Å². The Morgan fingerprint density at radius 3 is 2.87 bits per heavy atom. The lowest BCUT2D eigenvalue weighted by molar-refractivity contribution is 0.402. The van der Waals surface area contributed by atoms with Gasteiger partial charge in [-0.1, -0.05) is 0 Å². The van der Waals surface area contributed by atoms with E-state index in [2.05, 4.69) is 28.2 Å². The van der Waals surface area contributed by atoms with E-state index in [0.29, 0.717) is 6.54 Å². The summed E-state index contributed by atoms with van der Waals surface area (Å²) in [5, 5.41) is 3.31. The van der Waals surface area contributed by atoms with E-state index in [1.54, 1.807) is 6.26 Å². The monoisotopic (exact) mass is 269 g/mol. The molecule has 2 heterocycles. The van der Waals surface area contributed by atoms with E-state index < -0.39 is 0 Å². The standard InChI is InChI=1S/C11H12BrNO2/c1-8(10-3-2-6-14-10)13-7-9-4-5-11(12)15-9/h2-6,8,13H,7H2,1H3/t8-/m1/s1. The fourth-order valence-electron chi connectivity index (χ4n) is 1.34. The largest absolute Gasteiger partial charge is 0.468 e. The second kappa shape index (κ2) is 4.68. The molecular formula is C11H12BrNO2. The first kappa shape index (κ1) is 10.5. The molecule has 0 aliphatic heterocycles. The average Bonchev–Trinajstić information content (AvgIpc) is 2.84. The molecule has 0 unspecified atom stereocenters. The molecule has 2 aromatic rings. The smallest absolute Gasteiger partial charge is 0.169 e. The Balaban J connectivity index is 1.88. The molecule has 80 valence electrons. The molecule has 0 aliphatic carbocycles. The zero-order valence-corrected chi connectivity index (χ0v) is 9.95. The van der Waals surface area contributed by atoms with Gasteiger partial charge in [0.05, 0.1) is 18.8 Å². The van der Waals surface area contributed by atoms with E-state index >= 15 is 0 Å². The van der Waals surface area contributed by atoms with Crippen LogP contribution in [-0.4, -0.2) is 0 Å². The first-order valence-electron chi connectivity index (χ1n) is 4.76. The Morgan fingerprint density at radius 1 is 1.40 bits per heavy atom. The lowest BCUT2D eigenvalue weighted by Gasteiger charge is -2.09. The van der Waals surface area contributed by atoms with Gasteiger partial charge in [-0.3, -0.25) is 0 Å². The van der Waals surface area contributed by atoms with Gasteiger partial charge in [-0.15, -0.1) is 0 Å². The van der Waals surface area contributed by atoms with Gasteiger partial charge in [0.2, 0.25) is 0 Å². The second-order valence-corrected chi connectivity index (χ2v) is 4.11. The summed E-state index contributed by atoms with van der Waals surface area (Å²) in [6, 6.07) is 7.84. The summed E-state index contributed by atoms with van der Waals surface area (Å²) in [5.74, 6) is 1.83. The molecule has 0 bridgehead atoms. The first-order valence-corrected chi connectivity index (χ1v) is 5.56. The predicted molar refractivity (Wildman–Crippen MR) is 60.4 cm³/mol. The number of hydrogen-bond acceptors (Lipinski definition) is 3. The average molecular weight is 270 g/mol. The molecule has 0 amide bonds. The molecule has 0 fully saturated rings. The highest BCUT2D eigenvalue weighted by atomic mass is 79.9. The normalized spacial score (nSPS) is 12.9. The Labute approximate surface area is 96.6 Å². The van der Waals surface area contributed by atoms with Crippen molar-refractivity contribution >= 4 is 15.9 Å². The topological polar surface area (TPSA) is 38.3 Å². The van der Waals surface area contributed by atoms with Crippen molar-refractivity contribution in [3.63, 3.8) is 0 Å². The molecule has 1 N–H and O–H groups in total. The minimum Gasteiger partial charge on any atom is -0.468 e. The van der Waals surface area contributed by atoms with Crippen LogP contribution in [0.5, 0.6) is 0 Å². The molecule has 4 heteroatoms. The van der Waals surface area contributed by atoms with Crippen LogP contribution in [0.2, 0.25) is 0 Å². The maximum absolute atomic E-state index is 5.37. The highest BCUT2D eigenvalue weighted by Gasteiger charge is 2.08. The molecule has 2 aromatic heterocycles. The van der Waals surface area contributed by atoms with Crippen LogP contribution in [0, 0.1) is 0 Å². The highest BCUT2D eigenvalue weighted by Crippen LogP contribution is 2.16. The minimum atomic E-state index is 0.184. The third-order valence-corrected chi connectivity index (χ3v) is 2.61. The van der Waals surface area contributed by atoms with Gasteiger partial charge in [-0.2, -0.15) is 0 Å². The Bertz CT molecular complexity index is 408. The van der Waals surface area contributed by atoms with Gasteiger partial charge in [0.25, 0.3) is 0 Å². The number of hydrogen-bond donors (Lipinski definition) is 1. The SMILES string of the molecule is C[C@@H](NCc1ccc(Br)o1)c1ccco1. The van der Waals surface area contributed by atoms with Gasteiger partial charge >= 0.3 is 0 Å². The van der Waals surface area contributed by atoms with Crippen LogP contribution < -0.4 is 5.32 Å². The third kappa shape index (κ3) is 2.73. The molecular weight excluding hydrogens is 258 g/mol. The predicted octanol–water partition coefficient (Wildman–Crippen LogP) is 3.49. The molecule has 15 heavy (non-hydrogen) atoms. The van der Waals surface area contributed by atoms with Crippen molar-refractivity contribution in [3.05, 3.63) is 46.7 Å². The lowest BCUT2D eigenvalue weighted by atomic mass is 10.2. The molecule has 0 saturated heterocycles. The summed E-state index contributed by atoms with van der Waals surface area (Å²) in [4.78, 5) is 0. The zero-order valence-electron chi connectivity index (χ0n) is 8.37. The number of furan rings is 2. The van der Waals surface area contributed by atoms with Crippen LogP contribution in [0.3, 0.4) is 0 Å². The van der Waals surface area contributed by atoms with Crippen LogP contribution in [0.15, 0.2) is 44.0 Å². The van der Waals surface area contributed by atoms with Crippen LogP contribution >= 0.6 is 15.9 Å². The van der Waals surface area contributed by atoms with Gasteiger partial charge in [0.1, 0.15) is 11.5 Å². The van der Waals surface area contributed by atoms with Gasteiger partial charge in [-0.05, 0) is 47.1 Å². The van der Waals surface area contributed by atoms with Crippen molar-refractivity contribution in [2.24, 2.45) is 0 Å². The maximum Gasteiger partial charge on any atom is 0.169 e. The zero-order chi connectivity index (χ0) is 10.7. The van der Waals surface area contributed by atoms with Crippen LogP contribution in [-0.2, 0) is 6.54 Å². The van der Waals surface area contributed by atoms with E-state index in [1.807, 2.05) is 24.3 Å². The summed E-state index contributed by atoms with van der Waals surface area (Å²) >= 11 is 3.26. The van der Waals surface area contributed by atoms with Crippen LogP contribution in [0.4, 0.5) is 0 Å². The Morgan fingerprint density at radius 2 is 2.27 bits per heavy atom. The van der Waals surface area contributed by atoms with Crippen LogP contribution in [0.1, 0.15) is 24.5 Å². The fourth-order valence-corrected chi connectivity index (χ4v) is 1.68. The summed E-state index contributed by atoms with van der Waals surface area (Å²) in [5.41, 5.74) is 0. The van der Waals surface area contributed by atoms with E-state index in [4.69, 9.17) is 8.83 Å². The fraction of sp³-hybridized carbons (Fsp3) is 0.273. The number of nitrogens with one attached hydrogen (secondary N) is 1. The quantitative estimate of drug-likeness (QED) is 0.924. The molecule has 0 spiro atoms. The molecule has 0 aliphatic rings. The Kier molecular flexibility index (Phi) is 3.28. The third-order valence-electron chi connectivity index (χ3n) is 2.18. The van der Waals surface area contributed by atoms with Gasteiger partial charge < -0.3 is 14.2 Å². The summed E-state index contributed by atoms with van der Waals surface area (Å²) < 4.78 is 11.4. The second-order valence-electron chi connectivity index (χ2n) is 3.32. The molecule has 0 aromatic carbocycles. The summed E-state index contributed by atoms with van der Waals surface area (Å²) in [7, 11) is 0. The van der Waals surface area contributed by atoms with E-state index in [0.717, 1.165) is 16.2 Å². The van der Waals surface area contributed by atoms with Gasteiger partial charge in [0.15, 0.2) is 4.67 Å². The minimum absolute atomic E-state index is 0.184. The molecule has 1 atom stereocenters. The molecule has 0 saturated carbocycles. The van der Waals surface area contributed by atoms with Crippen molar-refractivity contribution in [3.8, 4) is 0 Å². The van der Waals surface area contributed by atoms with E-state index in [-0.39, 0.29) is 6.04 Å². The van der Waals surface area contributed by atoms with Crippen molar-refractivity contribution < 1.29 is 8.83 Å². The highest BCUT2D eigenvalue weighted by molar-refractivity contribution is 9.10. The molecule has 3 nitrogen and oxygen atoms in total. The summed E-state index contributed by atoms with van der Waals surface area (Å²) in [6.07, 6.45) is 1.68. The van der Waals surface area contributed by atoms with Crippen molar-refractivity contribution in [2.75, 3.05) is 0 Å². The van der Waals surface area contributed by atoms with Gasteiger partial charge in [0, 0.05) is 0 Å².